The molecular formula is C27H26ClN5O2. The molecule has 2 aromatic heterocycles. The third-order valence-corrected chi connectivity index (χ3v) is 6.77. The zero-order valence-corrected chi connectivity index (χ0v) is 20.2. The van der Waals surface area contributed by atoms with Crippen molar-refractivity contribution in [2.24, 2.45) is 0 Å². The van der Waals surface area contributed by atoms with E-state index in [1.54, 1.807) is 18.6 Å². The SMILES string of the molecule is CC(=O)Nc1cc(C(=O)N2CC[C@@H](c3ccccc3Cl)C2)cc2ncn(CCc3ccccn3)c12. The quantitative estimate of drug-likeness (QED) is 0.419. The van der Waals surface area contributed by atoms with Crippen molar-refractivity contribution in [3.05, 3.63) is 89.0 Å². The van der Waals surface area contributed by atoms with E-state index in [2.05, 4.69) is 15.3 Å². The molecule has 5 rings (SSSR count). The number of rotatable bonds is 6. The minimum atomic E-state index is -0.201. The maximum Gasteiger partial charge on any atom is 0.254 e. The number of nitrogens with one attached hydrogen (secondary N) is 1. The van der Waals surface area contributed by atoms with Crippen LogP contribution in [0.15, 0.2) is 67.1 Å². The molecule has 0 saturated carbocycles. The normalized spacial score (nSPS) is 15.5. The van der Waals surface area contributed by atoms with Crippen LogP contribution in [-0.2, 0) is 17.8 Å². The Hall–Kier alpha value is -3.71. The first-order chi connectivity index (χ1) is 17.0. The summed E-state index contributed by atoms with van der Waals surface area (Å²) < 4.78 is 1.99. The molecule has 1 fully saturated rings. The van der Waals surface area contributed by atoms with Crippen molar-refractivity contribution in [2.75, 3.05) is 18.4 Å². The van der Waals surface area contributed by atoms with E-state index in [1.807, 2.05) is 58.0 Å². The van der Waals surface area contributed by atoms with E-state index in [-0.39, 0.29) is 17.7 Å². The first-order valence-corrected chi connectivity index (χ1v) is 12.1. The number of nitrogens with zero attached hydrogens (tertiary/aromatic N) is 4. The Morgan fingerprint density at radius 1 is 1.11 bits per heavy atom. The van der Waals surface area contributed by atoms with Gasteiger partial charge in [-0.2, -0.15) is 0 Å². The smallest absolute Gasteiger partial charge is 0.254 e. The molecule has 0 unspecified atom stereocenters. The molecule has 1 saturated heterocycles. The van der Waals surface area contributed by atoms with Gasteiger partial charge in [-0.25, -0.2) is 4.98 Å². The molecule has 0 bridgehead atoms. The second kappa shape index (κ2) is 9.88. The predicted octanol–water partition coefficient (Wildman–Crippen LogP) is 4.92. The van der Waals surface area contributed by atoms with Gasteiger partial charge in [0.15, 0.2) is 0 Å². The third-order valence-electron chi connectivity index (χ3n) is 6.43. The number of hydrogen-bond acceptors (Lipinski definition) is 4. The number of fused-ring (bicyclic) bond motifs is 1. The number of carbonyl (C=O) groups excluding carboxylic acids is 2. The zero-order valence-electron chi connectivity index (χ0n) is 19.4. The second-order valence-electron chi connectivity index (χ2n) is 8.84. The fraction of sp³-hybridized carbons (Fsp3) is 0.259. The molecule has 0 spiro atoms. The van der Waals surface area contributed by atoms with Gasteiger partial charge in [-0.1, -0.05) is 35.9 Å². The van der Waals surface area contributed by atoms with Crippen molar-refractivity contribution in [3.63, 3.8) is 0 Å². The lowest BCUT2D eigenvalue weighted by Gasteiger charge is -2.18. The number of pyridine rings is 1. The van der Waals surface area contributed by atoms with Crippen molar-refractivity contribution < 1.29 is 9.59 Å². The van der Waals surface area contributed by atoms with Crippen molar-refractivity contribution in [1.82, 2.24) is 19.4 Å². The molecule has 1 aliphatic heterocycles. The van der Waals surface area contributed by atoms with Gasteiger partial charge in [-0.3, -0.25) is 14.6 Å². The summed E-state index contributed by atoms with van der Waals surface area (Å²) >= 11 is 6.39. The van der Waals surface area contributed by atoms with E-state index in [0.29, 0.717) is 36.4 Å². The van der Waals surface area contributed by atoms with Gasteiger partial charge in [0.2, 0.25) is 5.91 Å². The minimum absolute atomic E-state index is 0.0731. The summed E-state index contributed by atoms with van der Waals surface area (Å²) in [5.41, 5.74) is 4.61. The van der Waals surface area contributed by atoms with Crippen LogP contribution in [-0.4, -0.2) is 44.3 Å². The fourth-order valence-electron chi connectivity index (χ4n) is 4.76. The van der Waals surface area contributed by atoms with Crippen LogP contribution >= 0.6 is 11.6 Å². The van der Waals surface area contributed by atoms with Crippen molar-refractivity contribution >= 4 is 40.1 Å². The van der Waals surface area contributed by atoms with E-state index in [9.17, 15) is 9.59 Å². The van der Waals surface area contributed by atoms with Crippen LogP contribution in [0.5, 0.6) is 0 Å². The highest BCUT2D eigenvalue weighted by Crippen LogP contribution is 2.33. The van der Waals surface area contributed by atoms with Gasteiger partial charge in [0.1, 0.15) is 0 Å². The standard InChI is InChI=1S/C27H26ClN5O2/c1-18(34)31-25-15-20(27(35)32-12-9-19(16-32)22-7-2-3-8-23(22)28)14-24-26(25)33(17-30-24)13-10-21-6-4-5-11-29-21/h2-8,11,14-15,17,19H,9-10,12-13,16H2,1H3,(H,31,34)/t19-/m1/s1. The number of halogens is 1. The molecule has 2 aromatic carbocycles. The van der Waals surface area contributed by atoms with Gasteiger partial charge >= 0.3 is 0 Å². The average Bonchev–Trinajstić information content (AvgIpc) is 3.50. The first kappa shape index (κ1) is 23.1. The van der Waals surface area contributed by atoms with Crippen molar-refractivity contribution in [2.45, 2.75) is 32.2 Å². The van der Waals surface area contributed by atoms with Gasteiger partial charge in [0.25, 0.3) is 5.91 Å². The van der Waals surface area contributed by atoms with Gasteiger partial charge < -0.3 is 14.8 Å². The molecule has 0 radical (unpaired) electrons. The average molecular weight is 488 g/mol. The van der Waals surface area contributed by atoms with E-state index in [4.69, 9.17) is 11.6 Å². The maximum absolute atomic E-state index is 13.4. The van der Waals surface area contributed by atoms with Gasteiger partial charge in [0, 0.05) is 61.4 Å². The fourth-order valence-corrected chi connectivity index (χ4v) is 5.05. The van der Waals surface area contributed by atoms with Crippen LogP contribution < -0.4 is 5.32 Å². The number of likely N-dealkylation sites (tertiary alicyclic amines) is 1. The predicted molar refractivity (Wildman–Crippen MR) is 137 cm³/mol. The number of imidazole rings is 1. The van der Waals surface area contributed by atoms with Crippen LogP contribution in [0.4, 0.5) is 5.69 Å². The van der Waals surface area contributed by atoms with Crippen molar-refractivity contribution in [3.8, 4) is 0 Å². The van der Waals surface area contributed by atoms with Gasteiger partial charge in [-0.15, -0.1) is 0 Å². The summed E-state index contributed by atoms with van der Waals surface area (Å²) in [5, 5.41) is 3.63. The molecule has 1 aliphatic rings. The lowest BCUT2D eigenvalue weighted by atomic mass is 9.98. The van der Waals surface area contributed by atoms with Gasteiger partial charge in [0.05, 0.1) is 23.0 Å². The lowest BCUT2D eigenvalue weighted by Crippen LogP contribution is -2.28. The Balaban J connectivity index is 1.41. The first-order valence-electron chi connectivity index (χ1n) is 11.7. The lowest BCUT2D eigenvalue weighted by molar-refractivity contribution is -0.114. The number of carbonyl (C=O) groups is 2. The Labute approximate surface area is 208 Å². The van der Waals surface area contributed by atoms with Crippen molar-refractivity contribution in [1.29, 1.82) is 0 Å². The van der Waals surface area contributed by atoms with Crippen LogP contribution in [0, 0.1) is 0 Å². The largest absolute Gasteiger partial charge is 0.338 e. The Morgan fingerprint density at radius 2 is 1.94 bits per heavy atom. The highest BCUT2D eigenvalue weighted by molar-refractivity contribution is 6.31. The maximum atomic E-state index is 13.4. The van der Waals surface area contributed by atoms with E-state index >= 15 is 0 Å². The van der Waals surface area contributed by atoms with Crippen LogP contribution in [0.1, 0.15) is 40.9 Å². The number of aromatic nitrogens is 3. The van der Waals surface area contributed by atoms with E-state index < -0.39 is 0 Å². The molecule has 1 N–H and O–H groups in total. The Morgan fingerprint density at radius 3 is 2.71 bits per heavy atom. The number of aryl methyl sites for hydroxylation is 2. The molecule has 0 aliphatic carbocycles. The molecule has 2 amide bonds. The summed E-state index contributed by atoms with van der Waals surface area (Å²) in [7, 11) is 0. The topological polar surface area (TPSA) is 80.1 Å². The molecule has 8 heteroatoms. The highest BCUT2D eigenvalue weighted by Gasteiger charge is 2.29. The monoisotopic (exact) mass is 487 g/mol. The van der Waals surface area contributed by atoms with Crippen LogP contribution in [0.25, 0.3) is 11.0 Å². The van der Waals surface area contributed by atoms with Crippen LogP contribution in [0.3, 0.4) is 0 Å². The number of amides is 2. The molecule has 178 valence electrons. The summed E-state index contributed by atoms with van der Waals surface area (Å²) in [4.78, 5) is 36.2. The number of hydrogen-bond donors (Lipinski definition) is 1. The summed E-state index contributed by atoms with van der Waals surface area (Å²) in [6.45, 7) is 3.37. The summed E-state index contributed by atoms with van der Waals surface area (Å²) in [6, 6.07) is 17.2. The summed E-state index contributed by atoms with van der Waals surface area (Å²) in [6.07, 6.45) is 5.11. The van der Waals surface area contributed by atoms with Crippen LogP contribution in [0.2, 0.25) is 5.02 Å². The minimum Gasteiger partial charge on any atom is -0.338 e. The Kier molecular flexibility index (Phi) is 6.51. The molecule has 4 aromatic rings. The van der Waals surface area contributed by atoms with E-state index in [0.717, 1.165) is 34.6 Å². The molecule has 3 heterocycles. The molecule has 7 nitrogen and oxygen atoms in total. The molecule has 35 heavy (non-hydrogen) atoms. The molecule has 1 atom stereocenters. The zero-order chi connectivity index (χ0) is 24.4. The number of anilines is 1. The highest BCUT2D eigenvalue weighted by atomic mass is 35.5. The third kappa shape index (κ3) is 4.91. The molecular weight excluding hydrogens is 462 g/mol. The van der Waals surface area contributed by atoms with E-state index in [1.165, 1.54) is 6.92 Å². The number of benzene rings is 2. The second-order valence-corrected chi connectivity index (χ2v) is 9.25. The Bertz CT molecular complexity index is 1390. The summed E-state index contributed by atoms with van der Waals surface area (Å²) in [5.74, 6) is -0.0681. The van der Waals surface area contributed by atoms with Gasteiger partial charge in [-0.05, 0) is 42.3 Å².